The molecule has 1 spiro atoms. The van der Waals surface area contributed by atoms with Crippen molar-refractivity contribution in [3.05, 3.63) is 53.9 Å². The number of carbonyl (C=O) groups is 2. The molecule has 3 heterocycles. The summed E-state index contributed by atoms with van der Waals surface area (Å²) in [6, 6.07) is 7.30. The highest BCUT2D eigenvalue weighted by molar-refractivity contribution is 5.87. The Balaban J connectivity index is 0.000000405. The number of carboxylic acids is 1. The maximum absolute atomic E-state index is 14.3. The Hall–Kier alpha value is -2.95. The first kappa shape index (κ1) is 27.1. The van der Waals surface area contributed by atoms with Crippen molar-refractivity contribution in [1.82, 2.24) is 19.4 Å². The third-order valence-corrected chi connectivity index (χ3v) is 7.50. The van der Waals surface area contributed by atoms with Crippen LogP contribution < -0.4 is 0 Å². The molecule has 2 unspecified atom stereocenters. The number of carboxylic acid groups (broad SMARTS) is 1. The SMILES string of the molecule is CC(C)n1cnc(C2CN(Cc3ccccc3F)CC23CCN(CC2CC2)C3=O)c1.O=C(O)C(F)(F)F. The predicted molar refractivity (Wildman–Crippen MR) is 127 cm³/mol. The molecule has 3 aliphatic rings. The zero-order chi connectivity index (χ0) is 27.0. The maximum atomic E-state index is 14.3. The molecule has 3 fully saturated rings. The summed E-state index contributed by atoms with van der Waals surface area (Å²) in [6.45, 7) is 7.97. The number of likely N-dealkylation sites (tertiary alicyclic amines) is 2. The molecule has 37 heavy (non-hydrogen) atoms. The van der Waals surface area contributed by atoms with Crippen molar-refractivity contribution in [2.24, 2.45) is 11.3 Å². The second-order valence-corrected chi connectivity index (χ2v) is 10.6. The van der Waals surface area contributed by atoms with E-state index in [1.807, 2.05) is 18.5 Å². The van der Waals surface area contributed by atoms with Crippen LogP contribution in [-0.4, -0.2) is 68.7 Å². The molecule has 5 rings (SSSR count). The summed E-state index contributed by atoms with van der Waals surface area (Å²) in [5.41, 5.74) is 1.26. The van der Waals surface area contributed by atoms with Gasteiger partial charge >= 0.3 is 12.1 Å². The fraction of sp³-hybridized carbons (Fsp3) is 0.577. The third-order valence-electron chi connectivity index (χ3n) is 7.50. The second kappa shape index (κ2) is 10.4. The lowest BCUT2D eigenvalue weighted by atomic mass is 9.75. The summed E-state index contributed by atoms with van der Waals surface area (Å²) in [7, 11) is 0. The Morgan fingerprint density at radius 2 is 1.92 bits per heavy atom. The van der Waals surface area contributed by atoms with Gasteiger partial charge in [0.05, 0.1) is 17.4 Å². The molecule has 2 aromatic rings. The number of imidazole rings is 1. The van der Waals surface area contributed by atoms with Crippen LogP contribution in [0, 0.1) is 17.2 Å². The zero-order valence-corrected chi connectivity index (χ0v) is 20.9. The number of hydrogen-bond acceptors (Lipinski definition) is 4. The van der Waals surface area contributed by atoms with Crippen LogP contribution in [0.4, 0.5) is 17.6 Å². The van der Waals surface area contributed by atoms with Gasteiger partial charge in [0.1, 0.15) is 5.82 Å². The van der Waals surface area contributed by atoms with E-state index in [4.69, 9.17) is 14.9 Å². The summed E-state index contributed by atoms with van der Waals surface area (Å²) in [6.07, 6.45) is 2.28. The van der Waals surface area contributed by atoms with E-state index in [0.717, 1.165) is 31.7 Å². The quantitative estimate of drug-likeness (QED) is 0.565. The van der Waals surface area contributed by atoms with Crippen LogP contribution in [0.5, 0.6) is 0 Å². The number of alkyl halides is 3. The molecule has 0 bridgehead atoms. The molecule has 202 valence electrons. The van der Waals surface area contributed by atoms with Crippen LogP contribution in [0.1, 0.15) is 56.3 Å². The smallest absolute Gasteiger partial charge is 0.475 e. The van der Waals surface area contributed by atoms with Gasteiger partial charge in [0.25, 0.3) is 0 Å². The Kier molecular flexibility index (Phi) is 7.64. The summed E-state index contributed by atoms with van der Waals surface area (Å²) < 4.78 is 48.1. The van der Waals surface area contributed by atoms with Crippen LogP contribution in [0.15, 0.2) is 36.8 Å². The molecule has 1 aromatic heterocycles. The highest BCUT2D eigenvalue weighted by Gasteiger charge is 2.58. The van der Waals surface area contributed by atoms with Gasteiger partial charge in [-0.3, -0.25) is 9.69 Å². The van der Waals surface area contributed by atoms with Crippen molar-refractivity contribution in [2.75, 3.05) is 26.2 Å². The lowest BCUT2D eigenvalue weighted by Gasteiger charge is -2.28. The maximum Gasteiger partial charge on any atom is 0.490 e. The minimum absolute atomic E-state index is 0.0565. The molecular formula is C26H32F4N4O3. The fourth-order valence-electron chi connectivity index (χ4n) is 5.30. The van der Waals surface area contributed by atoms with E-state index in [-0.39, 0.29) is 17.6 Å². The van der Waals surface area contributed by atoms with Gasteiger partial charge in [0, 0.05) is 56.4 Å². The van der Waals surface area contributed by atoms with E-state index < -0.39 is 17.6 Å². The zero-order valence-electron chi connectivity index (χ0n) is 20.9. The van der Waals surface area contributed by atoms with Crippen LogP contribution in [0.2, 0.25) is 0 Å². The standard InChI is InChI=1S/C24H31FN4O.C2HF3O2/c1-17(2)29-14-22(26-16-29)20-13-27(12-19-5-3-4-6-21(19)25)15-24(20)9-10-28(23(24)30)11-18-7-8-18;3-2(4,5)1(6)7/h3-6,14,16-18,20H,7-13,15H2,1-2H3;(H,6,7). The molecule has 11 heteroatoms. The third kappa shape index (κ3) is 5.97. The van der Waals surface area contributed by atoms with Crippen molar-refractivity contribution in [2.45, 2.75) is 57.8 Å². The highest BCUT2D eigenvalue weighted by atomic mass is 19.4. The number of hydrogen-bond donors (Lipinski definition) is 1. The average molecular weight is 525 g/mol. The second-order valence-electron chi connectivity index (χ2n) is 10.6. The van der Waals surface area contributed by atoms with E-state index in [0.29, 0.717) is 30.6 Å². The van der Waals surface area contributed by atoms with Gasteiger partial charge in [-0.05, 0) is 45.1 Å². The van der Waals surface area contributed by atoms with Crippen molar-refractivity contribution in [3.63, 3.8) is 0 Å². The molecule has 2 saturated heterocycles. The Labute approximate surface area is 213 Å². The normalized spacial score (nSPS) is 24.1. The summed E-state index contributed by atoms with van der Waals surface area (Å²) in [5, 5.41) is 7.12. The number of carbonyl (C=O) groups excluding carboxylic acids is 1. The first-order chi connectivity index (χ1) is 17.4. The van der Waals surface area contributed by atoms with Gasteiger partial charge in [-0.2, -0.15) is 13.2 Å². The number of amides is 1. The number of aliphatic carboxylic acids is 1. The minimum Gasteiger partial charge on any atom is -0.475 e. The number of rotatable bonds is 6. The minimum atomic E-state index is -5.08. The Morgan fingerprint density at radius 1 is 1.24 bits per heavy atom. The van der Waals surface area contributed by atoms with Gasteiger partial charge in [0.2, 0.25) is 5.91 Å². The average Bonchev–Trinajstić information content (AvgIpc) is 3.24. The number of aromatic nitrogens is 2. The van der Waals surface area contributed by atoms with Crippen LogP contribution >= 0.6 is 0 Å². The van der Waals surface area contributed by atoms with Crippen molar-refractivity contribution in [1.29, 1.82) is 0 Å². The van der Waals surface area contributed by atoms with Crippen LogP contribution in [0.3, 0.4) is 0 Å². The van der Waals surface area contributed by atoms with Crippen LogP contribution in [0.25, 0.3) is 0 Å². The molecule has 1 amide bonds. The van der Waals surface area contributed by atoms with E-state index in [2.05, 4.69) is 34.4 Å². The summed E-state index contributed by atoms with van der Waals surface area (Å²) >= 11 is 0. The largest absolute Gasteiger partial charge is 0.490 e. The molecule has 1 N–H and O–H groups in total. The number of halogens is 4. The molecule has 2 aliphatic heterocycles. The number of nitrogens with zero attached hydrogens (tertiary/aromatic N) is 4. The predicted octanol–water partition coefficient (Wildman–Crippen LogP) is 4.46. The molecule has 7 nitrogen and oxygen atoms in total. The highest BCUT2D eigenvalue weighted by Crippen LogP contribution is 2.50. The monoisotopic (exact) mass is 524 g/mol. The lowest BCUT2D eigenvalue weighted by Crippen LogP contribution is -2.40. The van der Waals surface area contributed by atoms with Crippen molar-refractivity contribution < 1.29 is 32.3 Å². The van der Waals surface area contributed by atoms with Gasteiger partial charge in [0.15, 0.2) is 0 Å². The van der Waals surface area contributed by atoms with E-state index >= 15 is 0 Å². The molecular weight excluding hydrogens is 492 g/mol. The topological polar surface area (TPSA) is 78.7 Å². The summed E-state index contributed by atoms with van der Waals surface area (Å²) in [5.74, 6) is -1.89. The molecule has 1 aliphatic carbocycles. The van der Waals surface area contributed by atoms with Gasteiger partial charge in [-0.25, -0.2) is 14.2 Å². The van der Waals surface area contributed by atoms with Crippen molar-refractivity contribution >= 4 is 11.9 Å². The number of benzene rings is 1. The van der Waals surface area contributed by atoms with Gasteiger partial charge in [-0.15, -0.1) is 0 Å². The Bertz CT molecular complexity index is 1130. The lowest BCUT2D eigenvalue weighted by molar-refractivity contribution is -0.192. The van der Waals surface area contributed by atoms with E-state index in [1.165, 1.54) is 18.9 Å². The molecule has 1 saturated carbocycles. The fourth-order valence-corrected chi connectivity index (χ4v) is 5.30. The van der Waals surface area contributed by atoms with Gasteiger partial charge in [-0.1, -0.05) is 18.2 Å². The Morgan fingerprint density at radius 3 is 2.49 bits per heavy atom. The van der Waals surface area contributed by atoms with E-state index in [1.54, 1.807) is 6.07 Å². The first-order valence-corrected chi connectivity index (χ1v) is 12.5. The molecule has 2 atom stereocenters. The van der Waals surface area contributed by atoms with Crippen molar-refractivity contribution in [3.8, 4) is 0 Å². The first-order valence-electron chi connectivity index (χ1n) is 12.5. The van der Waals surface area contributed by atoms with E-state index in [9.17, 15) is 22.4 Å². The van der Waals surface area contributed by atoms with Gasteiger partial charge < -0.3 is 14.6 Å². The molecule has 0 radical (unpaired) electrons. The van der Waals surface area contributed by atoms with Crippen LogP contribution in [-0.2, 0) is 16.1 Å². The summed E-state index contributed by atoms with van der Waals surface area (Å²) in [4.78, 5) is 31.6. The molecule has 1 aromatic carbocycles.